The zero-order chi connectivity index (χ0) is 19.5. The van der Waals surface area contributed by atoms with E-state index in [9.17, 15) is 0 Å². The standard InChI is InChI=1S/C22H24ClN3OS/c1-27-19-5-3-4-18(13-19)26-10-8-25(9-11-26)15-17-12-16-6-7-20(28-2)14-21(16)24-22(17)23/h3-7,12-14H,8-11,15H2,1-2H3. The number of halogens is 1. The van der Waals surface area contributed by atoms with Gasteiger partial charge in [0.15, 0.2) is 0 Å². The van der Waals surface area contributed by atoms with Crippen molar-refractivity contribution in [3.63, 3.8) is 0 Å². The zero-order valence-corrected chi connectivity index (χ0v) is 17.8. The van der Waals surface area contributed by atoms with E-state index in [1.165, 1.54) is 10.6 Å². The van der Waals surface area contributed by atoms with Crippen molar-refractivity contribution in [2.75, 3.05) is 44.4 Å². The number of piperazine rings is 1. The van der Waals surface area contributed by atoms with Crippen LogP contribution in [0.2, 0.25) is 5.15 Å². The maximum absolute atomic E-state index is 6.51. The van der Waals surface area contributed by atoms with Crippen molar-refractivity contribution in [1.29, 1.82) is 0 Å². The first kappa shape index (κ1) is 19.4. The van der Waals surface area contributed by atoms with Crippen molar-refractivity contribution in [3.05, 3.63) is 59.2 Å². The van der Waals surface area contributed by atoms with Crippen LogP contribution < -0.4 is 9.64 Å². The van der Waals surface area contributed by atoms with Gasteiger partial charge < -0.3 is 9.64 Å². The van der Waals surface area contributed by atoms with Crippen molar-refractivity contribution in [2.24, 2.45) is 0 Å². The Bertz CT molecular complexity index is 973. The molecule has 0 amide bonds. The third kappa shape index (κ3) is 4.22. The summed E-state index contributed by atoms with van der Waals surface area (Å²) in [6.07, 6.45) is 2.07. The van der Waals surface area contributed by atoms with Crippen molar-refractivity contribution in [1.82, 2.24) is 9.88 Å². The highest BCUT2D eigenvalue weighted by Crippen LogP contribution is 2.27. The van der Waals surface area contributed by atoms with Crippen LogP contribution in [0.3, 0.4) is 0 Å². The molecule has 3 aromatic rings. The number of aromatic nitrogens is 1. The molecule has 1 aliphatic heterocycles. The zero-order valence-electron chi connectivity index (χ0n) is 16.2. The largest absolute Gasteiger partial charge is 0.497 e. The lowest BCUT2D eigenvalue weighted by atomic mass is 10.1. The third-order valence-electron chi connectivity index (χ3n) is 5.24. The predicted molar refractivity (Wildman–Crippen MR) is 119 cm³/mol. The van der Waals surface area contributed by atoms with Crippen LogP contribution in [0.15, 0.2) is 53.4 Å². The second-order valence-corrected chi connectivity index (χ2v) is 8.20. The molecule has 1 fully saturated rings. The summed E-state index contributed by atoms with van der Waals surface area (Å²) in [4.78, 5) is 10.7. The minimum Gasteiger partial charge on any atom is -0.497 e. The number of methoxy groups -OCH3 is 1. The van der Waals surface area contributed by atoms with Gasteiger partial charge in [0.05, 0.1) is 12.6 Å². The highest BCUT2D eigenvalue weighted by atomic mass is 35.5. The lowest BCUT2D eigenvalue weighted by Crippen LogP contribution is -2.46. The average molecular weight is 414 g/mol. The lowest BCUT2D eigenvalue weighted by Gasteiger charge is -2.36. The van der Waals surface area contributed by atoms with E-state index in [1.54, 1.807) is 18.9 Å². The van der Waals surface area contributed by atoms with Gasteiger partial charge in [-0.1, -0.05) is 23.7 Å². The van der Waals surface area contributed by atoms with Gasteiger partial charge in [-0.05, 0) is 36.6 Å². The molecule has 2 heterocycles. The van der Waals surface area contributed by atoms with Crippen LogP contribution in [0, 0.1) is 0 Å². The second kappa shape index (κ2) is 8.60. The van der Waals surface area contributed by atoms with E-state index >= 15 is 0 Å². The van der Waals surface area contributed by atoms with E-state index in [0.29, 0.717) is 5.15 Å². The van der Waals surface area contributed by atoms with Crippen molar-refractivity contribution in [3.8, 4) is 5.75 Å². The van der Waals surface area contributed by atoms with Crippen molar-refractivity contribution in [2.45, 2.75) is 11.4 Å². The number of fused-ring (bicyclic) bond motifs is 1. The fourth-order valence-electron chi connectivity index (χ4n) is 3.62. The molecular weight excluding hydrogens is 390 g/mol. The molecule has 0 radical (unpaired) electrons. The number of hydrogen-bond donors (Lipinski definition) is 0. The fourth-order valence-corrected chi connectivity index (χ4v) is 4.26. The van der Waals surface area contributed by atoms with Gasteiger partial charge in [0.1, 0.15) is 10.9 Å². The van der Waals surface area contributed by atoms with E-state index in [-0.39, 0.29) is 0 Å². The molecule has 146 valence electrons. The second-order valence-electron chi connectivity index (χ2n) is 6.96. The van der Waals surface area contributed by atoms with Gasteiger partial charge >= 0.3 is 0 Å². The molecule has 0 N–H and O–H groups in total. The molecule has 1 aliphatic rings. The highest BCUT2D eigenvalue weighted by Gasteiger charge is 2.19. The van der Waals surface area contributed by atoms with Crippen LogP contribution in [0.1, 0.15) is 5.56 Å². The molecule has 0 aliphatic carbocycles. The first-order chi connectivity index (χ1) is 13.7. The number of benzene rings is 2. The number of anilines is 1. The molecule has 0 saturated carbocycles. The molecule has 0 spiro atoms. The molecule has 4 nitrogen and oxygen atoms in total. The van der Waals surface area contributed by atoms with Gasteiger partial charge in [-0.25, -0.2) is 4.98 Å². The summed E-state index contributed by atoms with van der Waals surface area (Å²) in [5.41, 5.74) is 3.28. The Morgan fingerprint density at radius 3 is 2.64 bits per heavy atom. The highest BCUT2D eigenvalue weighted by molar-refractivity contribution is 7.98. The summed E-state index contributed by atoms with van der Waals surface area (Å²) in [5, 5.41) is 1.76. The minimum atomic E-state index is 0.612. The summed E-state index contributed by atoms with van der Waals surface area (Å²) in [7, 11) is 1.71. The Labute approximate surface area is 175 Å². The number of pyridine rings is 1. The molecule has 0 bridgehead atoms. The molecule has 6 heteroatoms. The minimum absolute atomic E-state index is 0.612. The monoisotopic (exact) mass is 413 g/mol. The van der Waals surface area contributed by atoms with E-state index in [0.717, 1.165) is 54.9 Å². The van der Waals surface area contributed by atoms with Crippen molar-refractivity contribution >= 4 is 40.0 Å². The summed E-state index contributed by atoms with van der Waals surface area (Å²) in [5.74, 6) is 0.901. The smallest absolute Gasteiger partial charge is 0.134 e. The van der Waals surface area contributed by atoms with Crippen LogP contribution in [-0.4, -0.2) is 49.4 Å². The molecule has 1 saturated heterocycles. The molecule has 4 rings (SSSR count). The maximum atomic E-state index is 6.51. The van der Waals surface area contributed by atoms with Crippen LogP contribution in [-0.2, 0) is 6.54 Å². The Hall–Kier alpha value is -1.95. The van der Waals surface area contributed by atoms with Crippen LogP contribution >= 0.6 is 23.4 Å². The Kier molecular flexibility index (Phi) is 5.95. The molecule has 0 atom stereocenters. The SMILES string of the molecule is COc1cccc(N2CCN(Cc3cc4ccc(SC)cc4nc3Cl)CC2)c1. The van der Waals surface area contributed by atoms with Gasteiger partial charge in [-0.15, -0.1) is 11.8 Å². The summed E-state index contributed by atoms with van der Waals surface area (Å²) >= 11 is 8.23. The number of hydrogen-bond acceptors (Lipinski definition) is 5. The molecular formula is C22H24ClN3OS. The van der Waals surface area contributed by atoms with Gasteiger partial charge in [0, 0.05) is 60.3 Å². The van der Waals surface area contributed by atoms with E-state index in [1.807, 2.05) is 12.1 Å². The number of thioether (sulfide) groups is 1. The third-order valence-corrected chi connectivity index (χ3v) is 6.29. The first-order valence-corrected chi connectivity index (χ1v) is 11.0. The molecule has 0 unspecified atom stereocenters. The number of ether oxygens (including phenoxy) is 1. The van der Waals surface area contributed by atoms with Gasteiger partial charge in [0.25, 0.3) is 0 Å². The summed E-state index contributed by atoms with van der Waals surface area (Å²) < 4.78 is 5.35. The lowest BCUT2D eigenvalue weighted by molar-refractivity contribution is 0.249. The Morgan fingerprint density at radius 1 is 1.07 bits per heavy atom. The van der Waals surface area contributed by atoms with E-state index in [2.05, 4.69) is 57.4 Å². The molecule has 28 heavy (non-hydrogen) atoms. The Morgan fingerprint density at radius 2 is 1.89 bits per heavy atom. The number of rotatable bonds is 5. The normalized spacial score (nSPS) is 15.2. The molecule has 1 aromatic heterocycles. The summed E-state index contributed by atoms with van der Waals surface area (Å²) in [6, 6.07) is 16.8. The predicted octanol–water partition coefficient (Wildman–Crippen LogP) is 4.94. The number of nitrogens with zero attached hydrogens (tertiary/aromatic N) is 3. The van der Waals surface area contributed by atoms with Gasteiger partial charge in [-0.3, -0.25) is 4.90 Å². The molecule has 2 aromatic carbocycles. The van der Waals surface area contributed by atoms with Gasteiger partial charge in [-0.2, -0.15) is 0 Å². The quantitative estimate of drug-likeness (QED) is 0.436. The van der Waals surface area contributed by atoms with Crippen LogP contribution in [0.25, 0.3) is 10.9 Å². The van der Waals surface area contributed by atoms with Crippen LogP contribution in [0.5, 0.6) is 5.75 Å². The fraction of sp³-hybridized carbons (Fsp3) is 0.318. The Balaban J connectivity index is 1.43. The maximum Gasteiger partial charge on any atom is 0.134 e. The first-order valence-electron chi connectivity index (χ1n) is 9.41. The van der Waals surface area contributed by atoms with E-state index in [4.69, 9.17) is 16.3 Å². The van der Waals surface area contributed by atoms with Crippen molar-refractivity contribution < 1.29 is 4.74 Å². The summed E-state index contributed by atoms with van der Waals surface area (Å²) in [6.45, 7) is 4.80. The average Bonchev–Trinajstić information content (AvgIpc) is 2.74. The topological polar surface area (TPSA) is 28.6 Å². The van der Waals surface area contributed by atoms with Gasteiger partial charge in [0.2, 0.25) is 0 Å². The van der Waals surface area contributed by atoms with Crippen LogP contribution in [0.4, 0.5) is 5.69 Å². The van der Waals surface area contributed by atoms with E-state index < -0.39 is 0 Å².